The minimum Gasteiger partial charge on any atom is -0.307 e. The first-order valence-corrected chi connectivity index (χ1v) is 7.54. The summed E-state index contributed by atoms with van der Waals surface area (Å²) >= 11 is 0. The second-order valence-corrected chi connectivity index (χ2v) is 6.15. The molecular formula is C17H23N3. The fraction of sp³-hybridized carbons (Fsp3) is 0.471. The fourth-order valence-corrected chi connectivity index (χ4v) is 3.00. The molecule has 3 nitrogen and oxygen atoms in total. The topological polar surface area (TPSA) is 29.9 Å². The van der Waals surface area contributed by atoms with E-state index in [2.05, 4.69) is 47.8 Å². The van der Waals surface area contributed by atoms with Gasteiger partial charge in [0.15, 0.2) is 0 Å². The Morgan fingerprint density at radius 2 is 1.90 bits per heavy atom. The van der Waals surface area contributed by atoms with Gasteiger partial charge in [-0.3, -0.25) is 4.68 Å². The second-order valence-electron chi connectivity index (χ2n) is 6.15. The van der Waals surface area contributed by atoms with E-state index < -0.39 is 0 Å². The number of hydrogen-bond acceptors (Lipinski definition) is 2. The lowest BCUT2D eigenvalue weighted by molar-refractivity contribution is 0.362. The Kier molecular flexibility index (Phi) is 3.88. The minimum atomic E-state index is 0.335. The Bertz CT molecular complexity index is 538. The van der Waals surface area contributed by atoms with Gasteiger partial charge < -0.3 is 5.32 Å². The van der Waals surface area contributed by atoms with Crippen LogP contribution in [0.2, 0.25) is 0 Å². The van der Waals surface area contributed by atoms with Crippen molar-refractivity contribution >= 4 is 0 Å². The van der Waals surface area contributed by atoms with Crippen LogP contribution in [0.5, 0.6) is 0 Å². The van der Waals surface area contributed by atoms with Crippen molar-refractivity contribution in [3.8, 4) is 0 Å². The summed E-state index contributed by atoms with van der Waals surface area (Å²) in [5, 5.41) is 8.15. The first-order chi connectivity index (χ1) is 9.73. The fourth-order valence-electron chi connectivity index (χ4n) is 3.00. The molecule has 20 heavy (non-hydrogen) atoms. The summed E-state index contributed by atoms with van der Waals surface area (Å²) in [4.78, 5) is 0. The molecule has 1 aromatic carbocycles. The van der Waals surface area contributed by atoms with Gasteiger partial charge in [0.1, 0.15) is 0 Å². The molecule has 2 aromatic rings. The van der Waals surface area contributed by atoms with Crippen LogP contribution in [0.4, 0.5) is 0 Å². The van der Waals surface area contributed by atoms with E-state index in [1.807, 2.05) is 16.9 Å². The van der Waals surface area contributed by atoms with Crippen LogP contribution in [0.1, 0.15) is 43.7 Å². The summed E-state index contributed by atoms with van der Waals surface area (Å²) in [6.45, 7) is 4.11. The summed E-state index contributed by atoms with van der Waals surface area (Å²) in [6.07, 6.45) is 9.44. The minimum absolute atomic E-state index is 0.335. The molecule has 3 rings (SSSR count). The lowest BCUT2D eigenvalue weighted by Gasteiger charge is -2.24. The maximum absolute atomic E-state index is 4.46. The molecular weight excluding hydrogens is 246 g/mol. The monoisotopic (exact) mass is 269 g/mol. The van der Waals surface area contributed by atoms with E-state index in [9.17, 15) is 0 Å². The summed E-state index contributed by atoms with van der Waals surface area (Å²) in [5.74, 6) is 0. The third-order valence-corrected chi connectivity index (χ3v) is 4.30. The van der Waals surface area contributed by atoms with Crippen molar-refractivity contribution in [3.63, 3.8) is 0 Å². The zero-order valence-electron chi connectivity index (χ0n) is 12.2. The van der Waals surface area contributed by atoms with Crippen molar-refractivity contribution in [2.45, 2.75) is 51.2 Å². The molecule has 0 radical (unpaired) electrons. The molecule has 0 unspecified atom stereocenters. The van der Waals surface area contributed by atoms with Gasteiger partial charge >= 0.3 is 0 Å². The van der Waals surface area contributed by atoms with Crippen molar-refractivity contribution in [3.05, 3.63) is 53.9 Å². The van der Waals surface area contributed by atoms with Crippen molar-refractivity contribution in [2.24, 2.45) is 0 Å². The van der Waals surface area contributed by atoms with Crippen LogP contribution in [0, 0.1) is 0 Å². The number of nitrogens with zero attached hydrogens (tertiary/aromatic N) is 2. The van der Waals surface area contributed by atoms with E-state index in [0.717, 1.165) is 13.1 Å². The highest BCUT2D eigenvalue weighted by molar-refractivity contribution is 5.15. The highest BCUT2D eigenvalue weighted by Gasteiger charge is 2.27. The van der Waals surface area contributed by atoms with Crippen molar-refractivity contribution in [1.29, 1.82) is 0 Å². The lowest BCUT2D eigenvalue weighted by atomic mass is 10.0. The van der Waals surface area contributed by atoms with Gasteiger partial charge in [0, 0.05) is 23.8 Å². The highest BCUT2D eigenvalue weighted by atomic mass is 15.3. The van der Waals surface area contributed by atoms with E-state index in [0.29, 0.717) is 5.54 Å². The molecule has 0 atom stereocenters. The van der Waals surface area contributed by atoms with Gasteiger partial charge in [0.05, 0.1) is 12.7 Å². The normalized spacial score (nSPS) is 17.4. The molecule has 1 aromatic heterocycles. The summed E-state index contributed by atoms with van der Waals surface area (Å²) in [5.41, 5.74) is 2.90. The van der Waals surface area contributed by atoms with Crippen molar-refractivity contribution in [1.82, 2.24) is 15.1 Å². The Morgan fingerprint density at radius 3 is 2.65 bits per heavy atom. The number of hydrogen-bond donors (Lipinski definition) is 1. The van der Waals surface area contributed by atoms with E-state index in [1.54, 1.807) is 0 Å². The quantitative estimate of drug-likeness (QED) is 0.902. The molecule has 1 fully saturated rings. The van der Waals surface area contributed by atoms with Gasteiger partial charge in [-0.25, -0.2) is 0 Å². The van der Waals surface area contributed by atoms with Crippen LogP contribution in [-0.2, 0) is 13.1 Å². The first kappa shape index (κ1) is 13.4. The van der Waals surface area contributed by atoms with Crippen LogP contribution >= 0.6 is 0 Å². The Balaban J connectivity index is 1.57. The van der Waals surface area contributed by atoms with E-state index >= 15 is 0 Å². The number of benzene rings is 1. The first-order valence-electron chi connectivity index (χ1n) is 7.54. The molecule has 0 aliphatic heterocycles. The molecule has 0 amide bonds. The zero-order chi connectivity index (χ0) is 13.8. The number of aromatic nitrogens is 2. The Hall–Kier alpha value is -1.61. The second kappa shape index (κ2) is 5.80. The predicted molar refractivity (Wildman–Crippen MR) is 81.5 cm³/mol. The van der Waals surface area contributed by atoms with Crippen LogP contribution in [-0.4, -0.2) is 15.3 Å². The molecule has 1 aliphatic carbocycles. The van der Waals surface area contributed by atoms with Gasteiger partial charge in [-0.05, 0) is 25.3 Å². The van der Waals surface area contributed by atoms with Crippen LogP contribution in [0.3, 0.4) is 0 Å². The van der Waals surface area contributed by atoms with Gasteiger partial charge in [0.25, 0.3) is 0 Å². The third-order valence-electron chi connectivity index (χ3n) is 4.30. The predicted octanol–water partition coefficient (Wildman–Crippen LogP) is 3.35. The average molecular weight is 269 g/mol. The van der Waals surface area contributed by atoms with Crippen LogP contribution in [0.15, 0.2) is 42.7 Å². The van der Waals surface area contributed by atoms with E-state index in [-0.39, 0.29) is 0 Å². The Labute approximate surface area is 121 Å². The largest absolute Gasteiger partial charge is 0.307 e. The van der Waals surface area contributed by atoms with E-state index in [1.165, 1.54) is 36.8 Å². The summed E-state index contributed by atoms with van der Waals surface area (Å²) in [6, 6.07) is 10.5. The zero-order valence-corrected chi connectivity index (χ0v) is 12.2. The molecule has 1 aliphatic rings. The van der Waals surface area contributed by atoms with Gasteiger partial charge in [0.2, 0.25) is 0 Å². The summed E-state index contributed by atoms with van der Waals surface area (Å²) in [7, 11) is 0. The average Bonchev–Trinajstić information content (AvgIpc) is 3.08. The van der Waals surface area contributed by atoms with Gasteiger partial charge in [-0.15, -0.1) is 0 Å². The van der Waals surface area contributed by atoms with Crippen molar-refractivity contribution in [2.75, 3.05) is 0 Å². The van der Waals surface area contributed by atoms with Crippen LogP contribution < -0.4 is 5.32 Å². The highest BCUT2D eigenvalue weighted by Crippen LogP contribution is 2.29. The standard InChI is InChI=1S/C17H23N3/c1-17(9-5-6-10-17)18-11-16-12-19-20(14-16)13-15-7-3-2-4-8-15/h2-4,7-8,12,14,18H,5-6,9-11,13H2,1H3. The molecule has 106 valence electrons. The number of rotatable bonds is 5. The number of nitrogens with one attached hydrogen (secondary N) is 1. The van der Waals surface area contributed by atoms with Crippen LogP contribution in [0.25, 0.3) is 0 Å². The smallest absolute Gasteiger partial charge is 0.0659 e. The van der Waals surface area contributed by atoms with Crippen molar-refractivity contribution < 1.29 is 0 Å². The molecule has 1 heterocycles. The Morgan fingerprint density at radius 1 is 1.15 bits per heavy atom. The van der Waals surface area contributed by atoms with Gasteiger partial charge in [-0.2, -0.15) is 5.10 Å². The molecule has 3 heteroatoms. The third kappa shape index (κ3) is 3.28. The molecule has 0 bridgehead atoms. The molecule has 0 spiro atoms. The van der Waals surface area contributed by atoms with E-state index in [4.69, 9.17) is 0 Å². The lowest BCUT2D eigenvalue weighted by Crippen LogP contribution is -2.38. The molecule has 1 saturated carbocycles. The summed E-state index contributed by atoms with van der Waals surface area (Å²) < 4.78 is 2.02. The SMILES string of the molecule is CC1(NCc2cnn(Cc3ccccc3)c2)CCCC1. The molecule has 1 N–H and O–H groups in total. The maximum atomic E-state index is 4.46. The maximum Gasteiger partial charge on any atom is 0.0659 e. The van der Waals surface area contributed by atoms with Gasteiger partial charge in [-0.1, -0.05) is 43.2 Å². The molecule has 0 saturated heterocycles.